The Balaban J connectivity index is 2.67. The number of carboxylic acids is 1. The first kappa shape index (κ1) is 14.4. The van der Waals surface area contributed by atoms with E-state index in [-0.39, 0.29) is 17.4 Å². The summed E-state index contributed by atoms with van der Waals surface area (Å²) in [6.07, 6.45) is 1.95. The van der Waals surface area contributed by atoms with Gasteiger partial charge in [-0.15, -0.1) is 0 Å². The van der Waals surface area contributed by atoms with Crippen LogP contribution in [-0.4, -0.2) is 40.1 Å². The molecule has 0 aromatic carbocycles. The summed E-state index contributed by atoms with van der Waals surface area (Å²) >= 11 is 1.63. The normalized spacial score (nSPS) is 11.9. The fourth-order valence-electron chi connectivity index (χ4n) is 1.53. The van der Waals surface area contributed by atoms with Gasteiger partial charge in [0, 0.05) is 17.5 Å². The predicted octanol–water partition coefficient (Wildman–Crippen LogP) is 1.89. The second-order valence-corrected chi connectivity index (χ2v) is 4.91. The number of amides is 2. The van der Waals surface area contributed by atoms with Crippen LogP contribution in [0.2, 0.25) is 0 Å². The molecule has 1 rings (SSSR count). The molecule has 7 heteroatoms. The minimum Gasteiger partial charge on any atom is -0.477 e. The Morgan fingerprint density at radius 1 is 1.56 bits per heavy atom. The Labute approximate surface area is 110 Å². The third-order valence-electron chi connectivity index (χ3n) is 2.21. The summed E-state index contributed by atoms with van der Waals surface area (Å²) in [7, 11) is 0. The number of anilines is 1. The van der Waals surface area contributed by atoms with Gasteiger partial charge in [0.2, 0.25) is 0 Å². The highest BCUT2D eigenvalue weighted by molar-refractivity contribution is 7.98. The van der Waals surface area contributed by atoms with E-state index in [0.29, 0.717) is 5.69 Å². The summed E-state index contributed by atoms with van der Waals surface area (Å²) in [5.74, 6) is -0.304. The van der Waals surface area contributed by atoms with Crippen LogP contribution in [0.15, 0.2) is 6.07 Å². The van der Waals surface area contributed by atoms with E-state index >= 15 is 0 Å². The first-order valence-corrected chi connectivity index (χ1v) is 6.82. The van der Waals surface area contributed by atoms with Gasteiger partial charge in [0.05, 0.1) is 5.69 Å². The Bertz CT molecular complexity index is 445. The van der Waals surface area contributed by atoms with Crippen molar-refractivity contribution in [1.82, 2.24) is 10.3 Å². The van der Waals surface area contributed by atoms with Crippen molar-refractivity contribution in [2.24, 2.45) is 0 Å². The average molecular weight is 271 g/mol. The number of rotatable bonds is 5. The average Bonchev–Trinajstić information content (AvgIpc) is 2.59. The molecule has 0 fully saturated rings. The van der Waals surface area contributed by atoms with Gasteiger partial charge in [0.25, 0.3) is 0 Å². The van der Waals surface area contributed by atoms with Crippen molar-refractivity contribution in [3.63, 3.8) is 0 Å². The van der Waals surface area contributed by atoms with Crippen LogP contribution in [0.4, 0.5) is 10.5 Å². The number of H-pyrrole nitrogens is 1. The topological polar surface area (TPSA) is 94.2 Å². The van der Waals surface area contributed by atoms with Gasteiger partial charge in [0.1, 0.15) is 5.69 Å². The van der Waals surface area contributed by atoms with E-state index in [2.05, 4.69) is 15.6 Å². The van der Waals surface area contributed by atoms with Crippen LogP contribution >= 0.6 is 11.8 Å². The number of carbonyl (C=O) groups excluding carboxylic acids is 1. The van der Waals surface area contributed by atoms with E-state index in [0.717, 1.165) is 5.75 Å². The molecule has 1 atom stereocenters. The van der Waals surface area contributed by atoms with Gasteiger partial charge in [-0.2, -0.15) is 11.8 Å². The maximum atomic E-state index is 11.6. The first-order valence-electron chi connectivity index (χ1n) is 5.43. The lowest BCUT2D eigenvalue weighted by molar-refractivity contribution is 0.0692. The van der Waals surface area contributed by atoms with Crippen molar-refractivity contribution in [2.75, 3.05) is 17.3 Å². The molecule has 0 spiro atoms. The number of aryl methyl sites for hydroxylation is 1. The van der Waals surface area contributed by atoms with Crippen molar-refractivity contribution in [1.29, 1.82) is 0 Å². The molecule has 0 aliphatic rings. The number of hydrogen-bond acceptors (Lipinski definition) is 3. The van der Waals surface area contributed by atoms with Crippen molar-refractivity contribution in [3.05, 3.63) is 17.5 Å². The van der Waals surface area contributed by atoms with Crippen molar-refractivity contribution < 1.29 is 14.7 Å². The van der Waals surface area contributed by atoms with E-state index in [4.69, 9.17) is 5.11 Å². The van der Waals surface area contributed by atoms with Crippen LogP contribution < -0.4 is 10.6 Å². The van der Waals surface area contributed by atoms with Crippen LogP contribution in [0.1, 0.15) is 23.1 Å². The van der Waals surface area contributed by atoms with Crippen molar-refractivity contribution in [2.45, 2.75) is 19.9 Å². The largest absolute Gasteiger partial charge is 0.477 e. The molecule has 0 radical (unpaired) electrons. The number of hydrogen-bond donors (Lipinski definition) is 4. The molecule has 18 heavy (non-hydrogen) atoms. The van der Waals surface area contributed by atoms with E-state index in [1.165, 1.54) is 0 Å². The zero-order chi connectivity index (χ0) is 13.7. The monoisotopic (exact) mass is 271 g/mol. The molecule has 1 aromatic rings. The molecule has 0 aliphatic heterocycles. The second kappa shape index (κ2) is 6.34. The van der Waals surface area contributed by atoms with Crippen LogP contribution in [0.5, 0.6) is 0 Å². The molecule has 0 aliphatic carbocycles. The SMILES string of the molecule is CSCC(C)NC(=O)Nc1cc(C)[nH]c1C(=O)O. The number of aromatic amines is 1. The molecule has 0 saturated carbocycles. The summed E-state index contributed by atoms with van der Waals surface area (Å²) in [6.45, 7) is 3.61. The third kappa shape index (κ3) is 3.99. The highest BCUT2D eigenvalue weighted by Gasteiger charge is 2.15. The molecule has 2 amide bonds. The summed E-state index contributed by atoms with van der Waals surface area (Å²) in [5, 5.41) is 14.2. The lowest BCUT2D eigenvalue weighted by Gasteiger charge is -2.13. The number of carboxylic acid groups (broad SMARTS) is 1. The smallest absolute Gasteiger partial charge is 0.354 e. The first-order chi connectivity index (χ1) is 8.43. The molecule has 100 valence electrons. The maximum absolute atomic E-state index is 11.6. The number of aromatic carboxylic acids is 1. The summed E-state index contributed by atoms with van der Waals surface area (Å²) in [6, 6.07) is 1.20. The predicted molar refractivity (Wildman–Crippen MR) is 72.5 cm³/mol. The molecular weight excluding hydrogens is 254 g/mol. The number of urea groups is 1. The number of carbonyl (C=O) groups is 2. The highest BCUT2D eigenvalue weighted by Crippen LogP contribution is 2.16. The molecule has 6 nitrogen and oxygen atoms in total. The quantitative estimate of drug-likeness (QED) is 0.658. The fraction of sp³-hybridized carbons (Fsp3) is 0.455. The summed E-state index contributed by atoms with van der Waals surface area (Å²) in [4.78, 5) is 25.3. The number of aromatic nitrogens is 1. The van der Waals surface area contributed by atoms with Gasteiger partial charge in [0.15, 0.2) is 0 Å². The maximum Gasteiger partial charge on any atom is 0.354 e. The van der Waals surface area contributed by atoms with Crippen LogP contribution in [0, 0.1) is 6.92 Å². The zero-order valence-electron chi connectivity index (χ0n) is 10.5. The van der Waals surface area contributed by atoms with Crippen molar-refractivity contribution in [3.8, 4) is 0 Å². The van der Waals surface area contributed by atoms with E-state index in [1.807, 2.05) is 13.2 Å². The van der Waals surface area contributed by atoms with Gasteiger partial charge in [-0.3, -0.25) is 0 Å². The Morgan fingerprint density at radius 3 is 2.78 bits per heavy atom. The molecule has 4 N–H and O–H groups in total. The van der Waals surface area contributed by atoms with E-state index in [1.54, 1.807) is 24.8 Å². The van der Waals surface area contributed by atoms with Gasteiger partial charge in [-0.05, 0) is 26.2 Å². The lowest BCUT2D eigenvalue weighted by Crippen LogP contribution is -2.37. The van der Waals surface area contributed by atoms with E-state index < -0.39 is 12.0 Å². The zero-order valence-corrected chi connectivity index (χ0v) is 11.4. The molecule has 0 bridgehead atoms. The van der Waals surface area contributed by atoms with Gasteiger partial charge < -0.3 is 20.7 Å². The molecule has 1 unspecified atom stereocenters. The van der Waals surface area contributed by atoms with Gasteiger partial charge in [-0.25, -0.2) is 9.59 Å². The highest BCUT2D eigenvalue weighted by atomic mass is 32.2. The number of nitrogens with one attached hydrogen (secondary N) is 3. The van der Waals surface area contributed by atoms with Gasteiger partial charge >= 0.3 is 12.0 Å². The summed E-state index contributed by atoms with van der Waals surface area (Å²) in [5.41, 5.74) is 0.939. The van der Waals surface area contributed by atoms with Crippen molar-refractivity contribution >= 4 is 29.4 Å². The number of thioether (sulfide) groups is 1. The van der Waals surface area contributed by atoms with Crippen LogP contribution in [0.3, 0.4) is 0 Å². The molecule has 1 aromatic heterocycles. The summed E-state index contributed by atoms with van der Waals surface area (Å²) < 4.78 is 0. The third-order valence-corrected chi connectivity index (χ3v) is 3.04. The minimum absolute atomic E-state index is 0.0137. The Kier molecular flexibility index (Phi) is 5.08. The fourth-order valence-corrected chi connectivity index (χ4v) is 2.11. The van der Waals surface area contributed by atoms with Gasteiger partial charge in [-0.1, -0.05) is 0 Å². The molecule has 0 saturated heterocycles. The molecule has 1 heterocycles. The minimum atomic E-state index is -1.10. The standard InChI is InChI=1S/C11H17N3O3S/c1-6-4-8(9(12-6)10(15)16)14-11(17)13-7(2)5-18-3/h4,7,12H,5H2,1-3H3,(H,15,16)(H2,13,14,17). The second-order valence-electron chi connectivity index (χ2n) is 4.00. The molecular formula is C11H17N3O3S. The van der Waals surface area contributed by atoms with E-state index in [9.17, 15) is 9.59 Å². The lowest BCUT2D eigenvalue weighted by atomic mass is 10.3. The van der Waals surface area contributed by atoms with Crippen LogP contribution in [-0.2, 0) is 0 Å². The van der Waals surface area contributed by atoms with Crippen LogP contribution in [0.25, 0.3) is 0 Å². The Morgan fingerprint density at radius 2 is 2.22 bits per heavy atom. The Hall–Kier alpha value is -1.63.